The first-order chi connectivity index (χ1) is 33.7. The van der Waals surface area contributed by atoms with Crippen LogP contribution in [-0.4, -0.2) is 4.57 Å². The van der Waals surface area contributed by atoms with Crippen molar-refractivity contribution in [1.29, 1.82) is 0 Å². The van der Waals surface area contributed by atoms with E-state index < -0.39 is 0 Å². The fourth-order valence-corrected chi connectivity index (χ4v) is 11.7. The summed E-state index contributed by atoms with van der Waals surface area (Å²) >= 11 is 1.85. The van der Waals surface area contributed by atoms with Crippen LogP contribution in [0, 0.1) is 0 Å². The predicted molar refractivity (Wildman–Crippen MR) is 289 cm³/mol. The number of anilines is 3. The molecule has 0 aliphatic heterocycles. The molecule has 3 aromatic heterocycles. The van der Waals surface area contributed by atoms with Crippen LogP contribution >= 0.6 is 11.3 Å². The quantitative estimate of drug-likeness (QED) is 0.159. The minimum Gasteiger partial charge on any atom is -0.455 e. The van der Waals surface area contributed by atoms with Crippen LogP contribution in [-0.2, 0) is 0 Å². The number of nitrogens with zero attached hydrogens (tertiary/aromatic N) is 2. The molecule has 11 aromatic carbocycles. The SMILES string of the molecule is c1cc(-c2ccc3sc4ccccc4c3c2)cc(N(c2cccc(-c3cccc4ccccc34)c2)c2cc(-c3cccc(-n4c5ccccc5c5ccccc54)c3)c3oc4ccccc4c3c2)c1. The molecule has 0 atom stereocenters. The Morgan fingerprint density at radius 3 is 1.74 bits per heavy atom. The van der Waals surface area contributed by atoms with Crippen molar-refractivity contribution >= 4 is 103 Å². The molecular formula is C64H40N2OS. The van der Waals surface area contributed by atoms with Gasteiger partial charge in [-0.25, -0.2) is 0 Å². The zero-order valence-electron chi connectivity index (χ0n) is 36.8. The Bertz CT molecular complexity index is 4240. The molecule has 0 radical (unpaired) electrons. The highest BCUT2D eigenvalue weighted by molar-refractivity contribution is 7.25. The van der Waals surface area contributed by atoms with Crippen molar-refractivity contribution in [1.82, 2.24) is 4.57 Å². The summed E-state index contributed by atoms with van der Waals surface area (Å²) in [6.45, 7) is 0. The number of thiophene rings is 1. The molecule has 0 spiro atoms. The lowest BCUT2D eigenvalue weighted by Crippen LogP contribution is -2.10. The Morgan fingerprint density at radius 2 is 0.926 bits per heavy atom. The maximum atomic E-state index is 6.88. The van der Waals surface area contributed by atoms with E-state index in [1.165, 1.54) is 63.9 Å². The average molecular weight is 885 g/mol. The van der Waals surface area contributed by atoms with Crippen molar-refractivity contribution in [3.8, 4) is 39.1 Å². The van der Waals surface area contributed by atoms with Gasteiger partial charge >= 0.3 is 0 Å². The van der Waals surface area contributed by atoms with Gasteiger partial charge in [-0.1, -0.05) is 158 Å². The lowest BCUT2D eigenvalue weighted by atomic mass is 9.97. The summed E-state index contributed by atoms with van der Waals surface area (Å²) < 4.78 is 11.9. The molecule has 0 bridgehead atoms. The van der Waals surface area contributed by atoms with E-state index in [2.05, 4.69) is 252 Å². The Balaban J connectivity index is 1.00. The Morgan fingerprint density at radius 1 is 0.338 bits per heavy atom. The van der Waals surface area contributed by atoms with Crippen LogP contribution in [0.5, 0.6) is 0 Å². The van der Waals surface area contributed by atoms with Crippen LogP contribution in [0.15, 0.2) is 247 Å². The van der Waals surface area contributed by atoms with Crippen LogP contribution in [0.3, 0.4) is 0 Å². The van der Waals surface area contributed by atoms with E-state index in [1.54, 1.807) is 0 Å². The van der Waals surface area contributed by atoms with E-state index in [4.69, 9.17) is 4.42 Å². The minimum absolute atomic E-state index is 0.863. The molecule has 68 heavy (non-hydrogen) atoms. The van der Waals surface area contributed by atoms with Crippen molar-refractivity contribution < 1.29 is 4.42 Å². The highest BCUT2D eigenvalue weighted by Crippen LogP contribution is 2.46. The van der Waals surface area contributed by atoms with Crippen molar-refractivity contribution in [3.05, 3.63) is 243 Å². The number of hydrogen-bond acceptors (Lipinski definition) is 3. The molecule has 0 aliphatic rings. The molecule has 318 valence electrons. The van der Waals surface area contributed by atoms with Crippen LogP contribution in [0.1, 0.15) is 0 Å². The van der Waals surface area contributed by atoms with Gasteiger partial charge in [-0.05, 0) is 124 Å². The zero-order valence-corrected chi connectivity index (χ0v) is 37.6. The predicted octanol–water partition coefficient (Wildman–Crippen LogP) is 18.7. The van der Waals surface area contributed by atoms with E-state index in [0.717, 1.165) is 66.9 Å². The molecule has 0 fully saturated rings. The van der Waals surface area contributed by atoms with Gasteiger partial charge < -0.3 is 13.9 Å². The third-order valence-corrected chi connectivity index (χ3v) is 14.9. The topological polar surface area (TPSA) is 21.3 Å². The summed E-state index contributed by atoms with van der Waals surface area (Å²) in [4.78, 5) is 2.43. The number of rotatable bonds is 7. The number of benzene rings is 11. The summed E-state index contributed by atoms with van der Waals surface area (Å²) in [5.41, 5.74) is 15.1. The fraction of sp³-hybridized carbons (Fsp3) is 0. The van der Waals surface area contributed by atoms with Gasteiger partial charge in [0.05, 0.1) is 11.0 Å². The number of furan rings is 1. The number of hydrogen-bond donors (Lipinski definition) is 0. The average Bonchev–Trinajstić information content (AvgIpc) is 4.08. The Labute approximate surface area is 396 Å². The minimum atomic E-state index is 0.863. The summed E-state index contributed by atoms with van der Waals surface area (Å²) in [6, 6.07) is 88.4. The number of fused-ring (bicyclic) bond motifs is 10. The summed E-state index contributed by atoms with van der Waals surface area (Å²) in [5, 5.41) is 9.67. The zero-order chi connectivity index (χ0) is 44.7. The monoisotopic (exact) mass is 884 g/mol. The first kappa shape index (κ1) is 38.6. The normalized spacial score (nSPS) is 11.8. The van der Waals surface area contributed by atoms with E-state index in [0.29, 0.717) is 0 Å². The fourth-order valence-electron chi connectivity index (χ4n) is 10.6. The second kappa shape index (κ2) is 15.5. The number of para-hydroxylation sites is 3. The van der Waals surface area contributed by atoms with Crippen molar-refractivity contribution in [2.24, 2.45) is 0 Å². The van der Waals surface area contributed by atoms with Crippen LogP contribution in [0.25, 0.3) is 114 Å². The van der Waals surface area contributed by atoms with Gasteiger partial charge in [0.15, 0.2) is 0 Å². The molecule has 0 saturated carbocycles. The highest BCUT2D eigenvalue weighted by atomic mass is 32.1. The van der Waals surface area contributed by atoms with Gasteiger partial charge in [0.25, 0.3) is 0 Å². The van der Waals surface area contributed by atoms with Crippen LogP contribution in [0.2, 0.25) is 0 Å². The van der Waals surface area contributed by atoms with Gasteiger partial charge in [0.1, 0.15) is 11.2 Å². The second-order valence-corrected chi connectivity index (χ2v) is 18.7. The lowest BCUT2D eigenvalue weighted by molar-refractivity contribution is 0.670. The first-order valence-corrected chi connectivity index (χ1v) is 24.0. The maximum absolute atomic E-state index is 6.88. The van der Waals surface area contributed by atoms with E-state index in [9.17, 15) is 0 Å². The molecule has 0 saturated heterocycles. The maximum Gasteiger partial charge on any atom is 0.143 e. The summed E-state index contributed by atoms with van der Waals surface area (Å²) in [6.07, 6.45) is 0. The van der Waals surface area contributed by atoms with E-state index >= 15 is 0 Å². The molecule has 14 rings (SSSR count). The summed E-state index contributed by atoms with van der Waals surface area (Å²) in [5.74, 6) is 0. The van der Waals surface area contributed by atoms with Crippen molar-refractivity contribution in [2.45, 2.75) is 0 Å². The highest BCUT2D eigenvalue weighted by Gasteiger charge is 2.22. The third kappa shape index (κ3) is 6.19. The van der Waals surface area contributed by atoms with Crippen molar-refractivity contribution in [2.75, 3.05) is 4.90 Å². The van der Waals surface area contributed by atoms with Crippen LogP contribution in [0.4, 0.5) is 17.1 Å². The lowest BCUT2D eigenvalue weighted by Gasteiger charge is -2.27. The molecule has 0 unspecified atom stereocenters. The molecule has 3 nitrogen and oxygen atoms in total. The molecular weight excluding hydrogens is 845 g/mol. The van der Waals surface area contributed by atoms with Crippen LogP contribution < -0.4 is 4.90 Å². The van der Waals surface area contributed by atoms with Crippen molar-refractivity contribution in [3.63, 3.8) is 0 Å². The molecule has 3 heterocycles. The standard InChI is InChI=1S/C64H40N2OS/c1-2-23-50-41(15-1)16-14-28-51(50)44-18-12-21-47(36-44)65(46-20-11-17-42(35-46)43-33-34-63-57(38-43)55-27-6-10-32-62(55)68-63)49-39-56(64-58(40-49)54-26-5-9-31-61(54)67-64)45-19-13-22-48(37-45)66-59-29-7-3-24-52(59)53-25-4-8-30-60(53)66/h1-40H. The third-order valence-electron chi connectivity index (χ3n) is 13.7. The van der Waals surface area contributed by atoms with Gasteiger partial charge in [-0.15, -0.1) is 11.3 Å². The Hall–Kier alpha value is -8.70. The molecule has 0 N–H and O–H groups in total. The van der Waals surface area contributed by atoms with Gasteiger partial charge in [0.2, 0.25) is 0 Å². The molecule has 0 amide bonds. The van der Waals surface area contributed by atoms with Gasteiger partial charge in [-0.2, -0.15) is 0 Å². The van der Waals surface area contributed by atoms with E-state index in [-0.39, 0.29) is 0 Å². The second-order valence-electron chi connectivity index (χ2n) is 17.7. The summed E-state index contributed by atoms with van der Waals surface area (Å²) in [7, 11) is 0. The first-order valence-electron chi connectivity index (χ1n) is 23.1. The van der Waals surface area contributed by atoms with Gasteiger partial charge in [0, 0.05) is 70.0 Å². The molecule has 0 aliphatic carbocycles. The molecule has 4 heteroatoms. The number of aromatic nitrogens is 1. The van der Waals surface area contributed by atoms with E-state index in [1.807, 2.05) is 11.3 Å². The van der Waals surface area contributed by atoms with Gasteiger partial charge in [-0.3, -0.25) is 0 Å². The Kier molecular flexibility index (Phi) is 8.76. The largest absolute Gasteiger partial charge is 0.455 e. The molecule has 14 aromatic rings. The smallest absolute Gasteiger partial charge is 0.143 e.